The quantitative estimate of drug-likeness (QED) is 0.640. The molecule has 2 atom stereocenters. The lowest BCUT2D eigenvalue weighted by Gasteiger charge is -2.08. The second-order valence-corrected chi connectivity index (χ2v) is 3.71. The van der Waals surface area contributed by atoms with Crippen LogP contribution >= 0.6 is 0 Å². The van der Waals surface area contributed by atoms with Crippen molar-refractivity contribution in [2.75, 3.05) is 13.1 Å². The molecule has 1 saturated carbocycles. The van der Waals surface area contributed by atoms with E-state index in [0.29, 0.717) is 0 Å². The molecule has 11 heavy (non-hydrogen) atoms. The third-order valence-electron chi connectivity index (χ3n) is 2.80. The Morgan fingerprint density at radius 1 is 1.09 bits per heavy atom. The molecule has 0 aliphatic heterocycles. The molecule has 1 aliphatic carbocycles. The molecular weight excluding hydrogens is 136 g/mol. The first-order chi connectivity index (χ1) is 5.36. The molecule has 4 N–H and O–H groups in total. The molecule has 1 unspecified atom stereocenters. The van der Waals surface area contributed by atoms with E-state index in [-0.39, 0.29) is 0 Å². The topological polar surface area (TPSA) is 52.0 Å². The molecule has 0 radical (unpaired) electrons. The monoisotopic (exact) mass is 156 g/mol. The van der Waals surface area contributed by atoms with Gasteiger partial charge in [-0.25, -0.2) is 0 Å². The highest BCUT2D eigenvalue weighted by Crippen LogP contribution is 2.32. The van der Waals surface area contributed by atoms with Crippen LogP contribution in [0, 0.1) is 11.8 Å². The first kappa shape index (κ1) is 9.01. The lowest BCUT2D eigenvalue weighted by molar-refractivity contribution is 0.458. The number of hydrogen-bond acceptors (Lipinski definition) is 2. The van der Waals surface area contributed by atoms with Crippen LogP contribution in [0.4, 0.5) is 0 Å². The van der Waals surface area contributed by atoms with Gasteiger partial charge in [0.2, 0.25) is 0 Å². The Hall–Kier alpha value is -0.0800. The standard InChI is InChI=1S/C9H20N2/c10-5-1-2-8-3-4-9(6-8)7-11/h8-9H,1-7,10-11H2/t8?,9-/m1/s1. The summed E-state index contributed by atoms with van der Waals surface area (Å²) in [6.07, 6.45) is 6.62. The fourth-order valence-electron chi connectivity index (χ4n) is 2.06. The van der Waals surface area contributed by atoms with E-state index in [4.69, 9.17) is 11.5 Å². The molecule has 2 nitrogen and oxygen atoms in total. The third kappa shape index (κ3) is 2.80. The van der Waals surface area contributed by atoms with E-state index in [2.05, 4.69) is 0 Å². The minimum absolute atomic E-state index is 0.817. The lowest BCUT2D eigenvalue weighted by Crippen LogP contribution is -2.11. The minimum Gasteiger partial charge on any atom is -0.330 e. The Kier molecular flexibility index (Phi) is 3.87. The maximum Gasteiger partial charge on any atom is -0.00488 e. The summed E-state index contributed by atoms with van der Waals surface area (Å²) in [6.45, 7) is 1.74. The van der Waals surface area contributed by atoms with Crippen molar-refractivity contribution in [3.63, 3.8) is 0 Å². The summed E-state index contributed by atoms with van der Waals surface area (Å²) in [5.74, 6) is 1.75. The summed E-state index contributed by atoms with van der Waals surface area (Å²) in [4.78, 5) is 0. The largest absolute Gasteiger partial charge is 0.330 e. The highest BCUT2D eigenvalue weighted by Gasteiger charge is 2.22. The average Bonchev–Trinajstić information content (AvgIpc) is 2.48. The smallest absolute Gasteiger partial charge is 0.00488 e. The van der Waals surface area contributed by atoms with Gasteiger partial charge in [-0.3, -0.25) is 0 Å². The van der Waals surface area contributed by atoms with Crippen LogP contribution in [0.15, 0.2) is 0 Å². The van der Waals surface area contributed by atoms with Gasteiger partial charge < -0.3 is 11.5 Å². The SMILES string of the molecule is NCCCC1CC[C@@H](CN)C1. The van der Waals surface area contributed by atoms with Gasteiger partial charge in [0.1, 0.15) is 0 Å². The molecule has 0 heterocycles. The summed E-state index contributed by atoms with van der Waals surface area (Å²) in [5.41, 5.74) is 11.0. The summed E-state index contributed by atoms with van der Waals surface area (Å²) in [5, 5.41) is 0. The highest BCUT2D eigenvalue weighted by atomic mass is 14.6. The van der Waals surface area contributed by atoms with Crippen molar-refractivity contribution in [3.05, 3.63) is 0 Å². The lowest BCUT2D eigenvalue weighted by atomic mass is 10.00. The Morgan fingerprint density at radius 3 is 2.36 bits per heavy atom. The van der Waals surface area contributed by atoms with Gasteiger partial charge in [0.05, 0.1) is 0 Å². The Labute approximate surface area is 69.3 Å². The molecule has 0 amide bonds. The molecule has 1 fully saturated rings. The van der Waals surface area contributed by atoms with E-state index >= 15 is 0 Å². The number of hydrogen-bond donors (Lipinski definition) is 2. The van der Waals surface area contributed by atoms with Crippen molar-refractivity contribution < 1.29 is 0 Å². The zero-order chi connectivity index (χ0) is 8.10. The van der Waals surface area contributed by atoms with Gasteiger partial charge in [0.15, 0.2) is 0 Å². The molecule has 1 rings (SSSR count). The Bertz CT molecular complexity index is 104. The fraction of sp³-hybridized carbons (Fsp3) is 1.00. The average molecular weight is 156 g/mol. The van der Waals surface area contributed by atoms with E-state index < -0.39 is 0 Å². The van der Waals surface area contributed by atoms with Crippen molar-refractivity contribution >= 4 is 0 Å². The van der Waals surface area contributed by atoms with Crippen molar-refractivity contribution in [2.45, 2.75) is 32.1 Å². The zero-order valence-corrected chi connectivity index (χ0v) is 7.26. The molecule has 2 heteroatoms. The Balaban J connectivity index is 2.09. The van der Waals surface area contributed by atoms with Crippen LogP contribution in [-0.2, 0) is 0 Å². The van der Waals surface area contributed by atoms with Crippen molar-refractivity contribution in [1.82, 2.24) is 0 Å². The van der Waals surface area contributed by atoms with Crippen LogP contribution in [0.5, 0.6) is 0 Å². The van der Waals surface area contributed by atoms with Crippen LogP contribution in [-0.4, -0.2) is 13.1 Å². The van der Waals surface area contributed by atoms with Gasteiger partial charge in [0.25, 0.3) is 0 Å². The van der Waals surface area contributed by atoms with Gasteiger partial charge in [-0.1, -0.05) is 6.42 Å². The normalized spacial score (nSPS) is 31.1. The number of rotatable bonds is 4. The predicted molar refractivity (Wildman–Crippen MR) is 48.2 cm³/mol. The van der Waals surface area contributed by atoms with E-state index in [1.807, 2.05) is 0 Å². The van der Waals surface area contributed by atoms with Gasteiger partial charge in [0, 0.05) is 0 Å². The summed E-state index contributed by atoms with van der Waals surface area (Å²) in [7, 11) is 0. The van der Waals surface area contributed by atoms with Crippen molar-refractivity contribution in [3.8, 4) is 0 Å². The second kappa shape index (κ2) is 4.73. The Morgan fingerprint density at radius 2 is 1.82 bits per heavy atom. The van der Waals surface area contributed by atoms with Crippen LogP contribution in [0.2, 0.25) is 0 Å². The minimum atomic E-state index is 0.817. The number of nitrogens with two attached hydrogens (primary N) is 2. The maximum absolute atomic E-state index is 5.60. The zero-order valence-electron chi connectivity index (χ0n) is 7.26. The van der Waals surface area contributed by atoms with E-state index in [1.54, 1.807) is 0 Å². The molecule has 0 spiro atoms. The fourth-order valence-corrected chi connectivity index (χ4v) is 2.06. The van der Waals surface area contributed by atoms with Crippen LogP contribution < -0.4 is 11.5 Å². The van der Waals surface area contributed by atoms with Crippen LogP contribution in [0.25, 0.3) is 0 Å². The molecule has 66 valence electrons. The molecule has 0 saturated heterocycles. The van der Waals surface area contributed by atoms with Gasteiger partial charge in [-0.2, -0.15) is 0 Å². The van der Waals surface area contributed by atoms with E-state index in [9.17, 15) is 0 Å². The third-order valence-corrected chi connectivity index (χ3v) is 2.80. The van der Waals surface area contributed by atoms with Gasteiger partial charge >= 0.3 is 0 Å². The second-order valence-electron chi connectivity index (χ2n) is 3.71. The summed E-state index contributed by atoms with van der Waals surface area (Å²) in [6, 6.07) is 0. The first-order valence-electron chi connectivity index (χ1n) is 4.77. The molecule has 1 aliphatic rings. The van der Waals surface area contributed by atoms with Crippen LogP contribution in [0.1, 0.15) is 32.1 Å². The van der Waals surface area contributed by atoms with Crippen LogP contribution in [0.3, 0.4) is 0 Å². The molecule has 0 aromatic heterocycles. The molecular formula is C9H20N2. The van der Waals surface area contributed by atoms with Gasteiger partial charge in [-0.05, 0) is 50.6 Å². The molecule has 0 bridgehead atoms. The highest BCUT2D eigenvalue weighted by molar-refractivity contribution is 4.75. The van der Waals surface area contributed by atoms with E-state index in [0.717, 1.165) is 24.9 Å². The molecule has 0 aromatic rings. The predicted octanol–water partition coefficient (Wildman–Crippen LogP) is 1.10. The van der Waals surface area contributed by atoms with Crippen molar-refractivity contribution in [2.24, 2.45) is 23.3 Å². The van der Waals surface area contributed by atoms with E-state index in [1.165, 1.54) is 32.1 Å². The summed E-state index contributed by atoms with van der Waals surface area (Å²) >= 11 is 0. The van der Waals surface area contributed by atoms with Crippen molar-refractivity contribution in [1.29, 1.82) is 0 Å². The summed E-state index contributed by atoms with van der Waals surface area (Å²) < 4.78 is 0. The van der Waals surface area contributed by atoms with Gasteiger partial charge in [-0.15, -0.1) is 0 Å². The maximum atomic E-state index is 5.60. The molecule has 0 aromatic carbocycles. The first-order valence-corrected chi connectivity index (χ1v) is 4.77.